The van der Waals surface area contributed by atoms with E-state index in [0.717, 1.165) is 5.69 Å². The van der Waals surface area contributed by atoms with Gasteiger partial charge in [-0.25, -0.2) is 23.5 Å². The first-order chi connectivity index (χ1) is 15.3. The van der Waals surface area contributed by atoms with Gasteiger partial charge in [-0.15, -0.1) is 0 Å². The smallest absolute Gasteiger partial charge is 0.238 e. The number of rotatable bonds is 7. The van der Waals surface area contributed by atoms with Crippen LogP contribution in [0.5, 0.6) is 10.8 Å². The van der Waals surface area contributed by atoms with Crippen LogP contribution >= 0.6 is 11.3 Å². The minimum atomic E-state index is -3.80. The van der Waals surface area contributed by atoms with Crippen molar-refractivity contribution in [1.29, 1.82) is 0 Å². The van der Waals surface area contributed by atoms with Gasteiger partial charge >= 0.3 is 0 Å². The zero-order valence-corrected chi connectivity index (χ0v) is 18.9. The van der Waals surface area contributed by atoms with E-state index in [2.05, 4.69) is 25.6 Å². The molecule has 0 saturated heterocycles. The fraction of sp³-hybridized carbons (Fsp3) is 0.0952. The van der Waals surface area contributed by atoms with Gasteiger partial charge in [-0.1, -0.05) is 23.5 Å². The van der Waals surface area contributed by atoms with Crippen LogP contribution in [-0.2, 0) is 10.0 Å². The number of nitrogens with zero attached hydrogens (tertiary/aromatic N) is 3. The van der Waals surface area contributed by atoms with Crippen molar-refractivity contribution in [2.75, 3.05) is 17.7 Å². The molecule has 0 amide bonds. The average Bonchev–Trinajstić information content (AvgIpc) is 3.16. The Morgan fingerprint density at radius 2 is 1.88 bits per heavy atom. The molecule has 0 bridgehead atoms. The summed E-state index contributed by atoms with van der Waals surface area (Å²) >= 11 is 1.36. The monoisotopic (exact) mass is 468 g/mol. The Hall–Kier alpha value is -3.54. The molecule has 0 spiro atoms. The molecule has 0 saturated carbocycles. The highest BCUT2D eigenvalue weighted by Crippen LogP contribution is 2.40. The van der Waals surface area contributed by atoms with Crippen LogP contribution < -0.4 is 20.5 Å². The molecule has 9 nitrogen and oxygen atoms in total. The lowest BCUT2D eigenvalue weighted by atomic mass is 10.2. The van der Waals surface area contributed by atoms with E-state index in [0.29, 0.717) is 38.8 Å². The minimum absolute atomic E-state index is 0.00876. The van der Waals surface area contributed by atoms with Crippen LogP contribution in [0, 0.1) is 6.92 Å². The molecule has 0 fully saturated rings. The van der Waals surface area contributed by atoms with Crippen LogP contribution in [-0.4, -0.2) is 30.4 Å². The van der Waals surface area contributed by atoms with Gasteiger partial charge in [0.2, 0.25) is 15.1 Å². The van der Waals surface area contributed by atoms with Crippen LogP contribution in [0.25, 0.3) is 11.4 Å². The summed E-state index contributed by atoms with van der Waals surface area (Å²) in [6.45, 7) is 1.92. The molecule has 0 unspecified atom stereocenters. The molecule has 4 rings (SSSR count). The Bertz CT molecular complexity index is 1370. The summed E-state index contributed by atoms with van der Waals surface area (Å²) in [5, 5.41) is 12.6. The predicted molar refractivity (Wildman–Crippen MR) is 125 cm³/mol. The molecule has 0 aliphatic heterocycles. The summed E-state index contributed by atoms with van der Waals surface area (Å²) in [5.41, 5.74) is 2.76. The van der Waals surface area contributed by atoms with Crippen molar-refractivity contribution in [3.8, 4) is 22.2 Å². The van der Waals surface area contributed by atoms with Crippen molar-refractivity contribution in [3.05, 3.63) is 66.5 Å². The second-order valence-corrected chi connectivity index (χ2v) is 9.27. The van der Waals surface area contributed by atoms with Gasteiger partial charge in [-0.3, -0.25) is 4.98 Å². The van der Waals surface area contributed by atoms with Crippen molar-refractivity contribution in [2.45, 2.75) is 11.8 Å². The van der Waals surface area contributed by atoms with Crippen LogP contribution in [0.2, 0.25) is 0 Å². The third-order valence-corrected chi connectivity index (χ3v) is 6.18. The van der Waals surface area contributed by atoms with Gasteiger partial charge in [0.15, 0.2) is 5.13 Å². The summed E-state index contributed by atoms with van der Waals surface area (Å²) in [5.74, 6) is 1.01. The highest BCUT2D eigenvalue weighted by molar-refractivity contribution is 7.89. The Morgan fingerprint density at radius 3 is 2.62 bits per heavy atom. The standard InChI is InChI=1S/C21H20N6O3S2/c1-13-5-3-8-17(25-13)19-20(31-21(23-2)27-19)30-15-9-10-24-18(12-15)26-14-6-4-7-16(11-14)32(22,28)29/h3-12H,1-2H3,(H,23,27)(H,24,26)(H2,22,28,29). The lowest BCUT2D eigenvalue weighted by Gasteiger charge is -2.09. The van der Waals surface area contributed by atoms with E-state index in [1.165, 1.54) is 23.5 Å². The van der Waals surface area contributed by atoms with E-state index in [1.807, 2.05) is 25.1 Å². The summed E-state index contributed by atoms with van der Waals surface area (Å²) < 4.78 is 29.3. The summed E-state index contributed by atoms with van der Waals surface area (Å²) in [4.78, 5) is 13.4. The first kappa shape index (κ1) is 21.7. The normalized spacial score (nSPS) is 11.2. The van der Waals surface area contributed by atoms with E-state index in [4.69, 9.17) is 9.88 Å². The van der Waals surface area contributed by atoms with Crippen molar-refractivity contribution in [1.82, 2.24) is 15.0 Å². The van der Waals surface area contributed by atoms with Crippen molar-refractivity contribution in [2.24, 2.45) is 5.14 Å². The lowest BCUT2D eigenvalue weighted by Crippen LogP contribution is -2.12. The van der Waals surface area contributed by atoms with Gasteiger partial charge in [0.05, 0.1) is 10.6 Å². The van der Waals surface area contributed by atoms with Crippen molar-refractivity contribution >= 4 is 38.0 Å². The largest absolute Gasteiger partial charge is 0.444 e. The maximum atomic E-state index is 11.6. The molecule has 4 N–H and O–H groups in total. The predicted octanol–water partition coefficient (Wildman–Crippen LogP) is 4.13. The zero-order chi connectivity index (χ0) is 22.7. The molecule has 3 aromatic heterocycles. The summed E-state index contributed by atoms with van der Waals surface area (Å²) in [6.07, 6.45) is 1.59. The third-order valence-electron chi connectivity index (χ3n) is 4.32. The first-order valence-corrected chi connectivity index (χ1v) is 11.8. The van der Waals surface area contributed by atoms with Crippen LogP contribution in [0.4, 0.5) is 16.6 Å². The highest BCUT2D eigenvalue weighted by atomic mass is 32.2. The van der Waals surface area contributed by atoms with E-state index in [1.54, 1.807) is 37.5 Å². The number of thiazole rings is 1. The van der Waals surface area contributed by atoms with E-state index < -0.39 is 10.0 Å². The Balaban J connectivity index is 1.61. The molecule has 11 heteroatoms. The number of benzene rings is 1. The zero-order valence-electron chi connectivity index (χ0n) is 17.2. The number of primary sulfonamides is 1. The number of aromatic nitrogens is 3. The van der Waals surface area contributed by atoms with Crippen LogP contribution in [0.1, 0.15) is 5.69 Å². The van der Waals surface area contributed by atoms with E-state index >= 15 is 0 Å². The topological polar surface area (TPSA) is 132 Å². The summed E-state index contributed by atoms with van der Waals surface area (Å²) in [7, 11) is -2.01. The van der Waals surface area contributed by atoms with Crippen molar-refractivity contribution < 1.29 is 13.2 Å². The maximum absolute atomic E-state index is 11.6. The molecular formula is C21H20N6O3S2. The SMILES string of the molecule is CNc1nc(-c2cccc(C)n2)c(Oc2ccnc(Nc3cccc(S(N)(=O)=O)c3)c2)s1. The van der Waals surface area contributed by atoms with Gasteiger partial charge in [-0.05, 0) is 43.3 Å². The van der Waals surface area contributed by atoms with Gasteiger partial charge < -0.3 is 15.4 Å². The number of nitrogens with one attached hydrogen (secondary N) is 2. The molecule has 4 aromatic rings. The average molecular weight is 469 g/mol. The van der Waals surface area contributed by atoms with Gasteiger partial charge in [0, 0.05) is 30.7 Å². The van der Waals surface area contributed by atoms with Gasteiger partial charge in [0.1, 0.15) is 17.3 Å². The number of hydrogen-bond donors (Lipinski definition) is 3. The van der Waals surface area contributed by atoms with Crippen molar-refractivity contribution in [3.63, 3.8) is 0 Å². The Morgan fingerprint density at radius 1 is 1.06 bits per heavy atom. The van der Waals surface area contributed by atoms with Crippen LogP contribution in [0.3, 0.4) is 0 Å². The molecular weight excluding hydrogens is 448 g/mol. The number of sulfonamides is 1. The minimum Gasteiger partial charge on any atom is -0.444 e. The first-order valence-electron chi connectivity index (χ1n) is 9.48. The quantitative estimate of drug-likeness (QED) is 0.369. The lowest BCUT2D eigenvalue weighted by molar-refractivity contribution is 0.496. The fourth-order valence-corrected chi connectivity index (χ4v) is 4.23. The number of aryl methyl sites for hydroxylation is 1. The van der Waals surface area contributed by atoms with E-state index in [-0.39, 0.29) is 4.90 Å². The second kappa shape index (κ2) is 8.91. The molecule has 0 atom stereocenters. The number of hydrogen-bond acceptors (Lipinski definition) is 9. The molecule has 32 heavy (non-hydrogen) atoms. The number of anilines is 3. The molecule has 0 aliphatic rings. The number of ether oxygens (including phenoxy) is 1. The molecule has 0 radical (unpaired) electrons. The Labute approximate surface area is 189 Å². The number of pyridine rings is 2. The maximum Gasteiger partial charge on any atom is 0.238 e. The molecule has 3 heterocycles. The second-order valence-electron chi connectivity index (χ2n) is 6.75. The fourth-order valence-electron chi connectivity index (χ4n) is 2.87. The highest BCUT2D eigenvalue weighted by Gasteiger charge is 2.17. The molecule has 0 aliphatic carbocycles. The Kier molecular flexibility index (Phi) is 6.04. The third kappa shape index (κ3) is 5.02. The number of nitrogens with two attached hydrogens (primary N) is 1. The summed E-state index contributed by atoms with van der Waals surface area (Å²) in [6, 6.07) is 15.3. The van der Waals surface area contributed by atoms with Gasteiger partial charge in [-0.2, -0.15) is 0 Å². The van der Waals surface area contributed by atoms with E-state index in [9.17, 15) is 8.42 Å². The van der Waals surface area contributed by atoms with Gasteiger partial charge in [0.25, 0.3) is 0 Å². The molecule has 164 valence electrons. The van der Waals surface area contributed by atoms with Crippen LogP contribution in [0.15, 0.2) is 65.7 Å². The molecule has 1 aromatic carbocycles.